The summed E-state index contributed by atoms with van der Waals surface area (Å²) in [6.07, 6.45) is 1.75. The number of fused-ring (bicyclic) bond motifs is 2. The second-order valence-electron chi connectivity index (χ2n) is 6.86. The van der Waals surface area contributed by atoms with Crippen molar-refractivity contribution in [2.75, 3.05) is 13.1 Å². The van der Waals surface area contributed by atoms with Gasteiger partial charge in [0.15, 0.2) is 11.5 Å². The van der Waals surface area contributed by atoms with Gasteiger partial charge in [0.1, 0.15) is 11.2 Å². The Hall–Kier alpha value is -3.08. The Morgan fingerprint density at radius 1 is 1.08 bits per heavy atom. The van der Waals surface area contributed by atoms with Crippen molar-refractivity contribution in [2.24, 2.45) is 0 Å². The molecule has 1 saturated heterocycles. The van der Waals surface area contributed by atoms with E-state index in [9.17, 15) is 4.79 Å². The maximum atomic E-state index is 12.8. The fourth-order valence-corrected chi connectivity index (χ4v) is 3.75. The summed E-state index contributed by atoms with van der Waals surface area (Å²) in [7, 11) is 0. The number of aromatic amines is 1. The molecular formula is C21H19N3O2. The molecular weight excluding hydrogens is 326 g/mol. The van der Waals surface area contributed by atoms with Crippen LogP contribution < -0.4 is 0 Å². The van der Waals surface area contributed by atoms with Crippen LogP contribution in [-0.2, 0) is 0 Å². The van der Waals surface area contributed by atoms with E-state index in [1.807, 2.05) is 59.5 Å². The van der Waals surface area contributed by atoms with Crippen LogP contribution in [0.4, 0.5) is 0 Å². The molecule has 2 aromatic carbocycles. The summed E-state index contributed by atoms with van der Waals surface area (Å²) >= 11 is 0. The van der Waals surface area contributed by atoms with Gasteiger partial charge in [-0.1, -0.05) is 30.3 Å². The first kappa shape index (κ1) is 15.2. The topological polar surface area (TPSA) is 62.1 Å². The number of para-hydroxylation sites is 3. The van der Waals surface area contributed by atoms with Gasteiger partial charge in [0.25, 0.3) is 5.91 Å². The lowest BCUT2D eigenvalue weighted by molar-refractivity contribution is 0.0702. The Morgan fingerprint density at radius 2 is 1.85 bits per heavy atom. The highest BCUT2D eigenvalue weighted by Crippen LogP contribution is 2.30. The lowest BCUT2D eigenvalue weighted by Crippen LogP contribution is -2.38. The number of nitrogens with zero attached hydrogens (tertiary/aromatic N) is 2. The zero-order valence-electron chi connectivity index (χ0n) is 14.3. The third-order valence-electron chi connectivity index (χ3n) is 5.20. The largest absolute Gasteiger partial charge is 0.440 e. The zero-order valence-corrected chi connectivity index (χ0v) is 14.3. The second kappa shape index (κ2) is 6.02. The predicted molar refractivity (Wildman–Crippen MR) is 100 cm³/mol. The van der Waals surface area contributed by atoms with Crippen LogP contribution in [-0.4, -0.2) is 33.9 Å². The highest BCUT2D eigenvalue weighted by molar-refractivity contribution is 5.98. The minimum Gasteiger partial charge on any atom is -0.440 e. The van der Waals surface area contributed by atoms with E-state index < -0.39 is 0 Å². The van der Waals surface area contributed by atoms with Crippen molar-refractivity contribution in [1.29, 1.82) is 0 Å². The molecule has 5 rings (SSSR count). The van der Waals surface area contributed by atoms with Crippen LogP contribution in [0.3, 0.4) is 0 Å². The lowest BCUT2D eigenvalue weighted by atomic mass is 9.96. The first-order chi connectivity index (χ1) is 12.8. The molecule has 1 amide bonds. The fraction of sp³-hybridized carbons (Fsp3) is 0.238. The number of H-pyrrole nitrogens is 1. The van der Waals surface area contributed by atoms with Crippen LogP contribution in [0, 0.1) is 0 Å². The number of nitrogens with one attached hydrogen (secondary N) is 1. The quantitative estimate of drug-likeness (QED) is 0.588. The SMILES string of the molecule is O=C(c1cc2ccccc2[nH]1)N1CCC(c2nc3ccccc3o2)CC1. The Bertz CT molecular complexity index is 1020. The van der Waals surface area contributed by atoms with Crippen LogP contribution >= 0.6 is 0 Å². The van der Waals surface area contributed by atoms with Gasteiger partial charge in [-0.3, -0.25) is 4.79 Å². The van der Waals surface area contributed by atoms with Gasteiger partial charge in [-0.15, -0.1) is 0 Å². The summed E-state index contributed by atoms with van der Waals surface area (Å²) in [6.45, 7) is 1.44. The number of amides is 1. The molecule has 4 aromatic rings. The molecule has 2 aromatic heterocycles. The summed E-state index contributed by atoms with van der Waals surface area (Å²) in [6, 6.07) is 17.7. The number of likely N-dealkylation sites (tertiary alicyclic amines) is 1. The molecule has 0 aliphatic carbocycles. The minimum atomic E-state index is 0.0669. The predicted octanol–water partition coefficient (Wildman–Crippen LogP) is 4.33. The molecule has 26 heavy (non-hydrogen) atoms. The van der Waals surface area contributed by atoms with Crippen LogP contribution in [0.2, 0.25) is 0 Å². The van der Waals surface area contributed by atoms with E-state index in [4.69, 9.17) is 4.42 Å². The number of hydrogen-bond acceptors (Lipinski definition) is 3. The fourth-order valence-electron chi connectivity index (χ4n) is 3.75. The lowest BCUT2D eigenvalue weighted by Gasteiger charge is -2.30. The van der Waals surface area contributed by atoms with Gasteiger partial charge in [0.2, 0.25) is 0 Å². The van der Waals surface area contributed by atoms with Crippen molar-refractivity contribution in [2.45, 2.75) is 18.8 Å². The smallest absolute Gasteiger partial charge is 0.270 e. The van der Waals surface area contributed by atoms with E-state index >= 15 is 0 Å². The Labute approximate surface area is 150 Å². The molecule has 130 valence electrons. The second-order valence-corrected chi connectivity index (χ2v) is 6.86. The number of piperidine rings is 1. The van der Waals surface area contributed by atoms with Crippen molar-refractivity contribution in [1.82, 2.24) is 14.9 Å². The average molecular weight is 345 g/mol. The van der Waals surface area contributed by atoms with E-state index in [1.54, 1.807) is 0 Å². The van der Waals surface area contributed by atoms with Crippen LogP contribution in [0.15, 0.2) is 59.0 Å². The first-order valence-electron chi connectivity index (χ1n) is 9.00. The Kier molecular flexibility index (Phi) is 3.52. The maximum Gasteiger partial charge on any atom is 0.270 e. The molecule has 1 N–H and O–H groups in total. The summed E-state index contributed by atoms with van der Waals surface area (Å²) in [4.78, 5) is 22.6. The minimum absolute atomic E-state index is 0.0669. The normalized spacial score (nSPS) is 15.8. The van der Waals surface area contributed by atoms with E-state index in [-0.39, 0.29) is 11.8 Å². The highest BCUT2D eigenvalue weighted by atomic mass is 16.3. The van der Waals surface area contributed by atoms with Crippen molar-refractivity contribution < 1.29 is 9.21 Å². The van der Waals surface area contributed by atoms with Crippen LogP contribution in [0.5, 0.6) is 0 Å². The molecule has 1 fully saturated rings. The maximum absolute atomic E-state index is 12.8. The number of aromatic nitrogens is 2. The van der Waals surface area contributed by atoms with Gasteiger partial charge in [0, 0.05) is 29.9 Å². The van der Waals surface area contributed by atoms with Gasteiger partial charge < -0.3 is 14.3 Å². The molecule has 3 heterocycles. The highest BCUT2D eigenvalue weighted by Gasteiger charge is 2.28. The van der Waals surface area contributed by atoms with E-state index in [0.29, 0.717) is 5.69 Å². The Balaban J connectivity index is 1.31. The van der Waals surface area contributed by atoms with Crippen molar-refractivity contribution in [3.8, 4) is 0 Å². The number of oxazole rings is 1. The van der Waals surface area contributed by atoms with Crippen molar-refractivity contribution >= 4 is 27.9 Å². The molecule has 0 radical (unpaired) electrons. The van der Waals surface area contributed by atoms with Gasteiger partial charge in [-0.05, 0) is 37.1 Å². The van der Waals surface area contributed by atoms with Gasteiger partial charge >= 0.3 is 0 Å². The molecule has 1 aliphatic rings. The molecule has 0 unspecified atom stereocenters. The van der Waals surface area contributed by atoms with Gasteiger partial charge in [0.05, 0.1) is 0 Å². The summed E-state index contributed by atoms with van der Waals surface area (Å²) in [5, 5.41) is 1.07. The van der Waals surface area contributed by atoms with Gasteiger partial charge in [-0.2, -0.15) is 0 Å². The number of hydrogen-bond donors (Lipinski definition) is 1. The monoisotopic (exact) mass is 345 g/mol. The summed E-state index contributed by atoms with van der Waals surface area (Å²) < 4.78 is 5.91. The first-order valence-corrected chi connectivity index (χ1v) is 9.00. The molecule has 5 nitrogen and oxygen atoms in total. The standard InChI is InChI=1S/C21H19N3O2/c25-21(18-13-15-5-1-2-6-16(15)22-18)24-11-9-14(10-12-24)20-23-17-7-3-4-8-19(17)26-20/h1-8,13-14,22H,9-12H2. The number of carbonyl (C=O) groups excluding carboxylic acids is 1. The van der Waals surface area contributed by atoms with Gasteiger partial charge in [-0.25, -0.2) is 4.98 Å². The average Bonchev–Trinajstić information content (AvgIpc) is 3.31. The Morgan fingerprint density at radius 3 is 2.65 bits per heavy atom. The molecule has 5 heteroatoms. The molecule has 0 spiro atoms. The number of carbonyl (C=O) groups is 1. The van der Waals surface area contributed by atoms with E-state index in [1.165, 1.54) is 0 Å². The van der Waals surface area contributed by atoms with Crippen LogP contribution in [0.1, 0.15) is 35.1 Å². The number of rotatable bonds is 2. The number of benzene rings is 2. The third kappa shape index (κ3) is 2.56. The van der Waals surface area contributed by atoms with Crippen molar-refractivity contribution in [3.63, 3.8) is 0 Å². The van der Waals surface area contributed by atoms with E-state index in [0.717, 1.165) is 53.8 Å². The third-order valence-corrected chi connectivity index (χ3v) is 5.20. The molecule has 1 aliphatic heterocycles. The van der Waals surface area contributed by atoms with Crippen molar-refractivity contribution in [3.05, 3.63) is 66.2 Å². The van der Waals surface area contributed by atoms with Crippen LogP contribution in [0.25, 0.3) is 22.0 Å². The molecule has 0 saturated carbocycles. The molecule has 0 atom stereocenters. The van der Waals surface area contributed by atoms with E-state index in [2.05, 4.69) is 9.97 Å². The zero-order chi connectivity index (χ0) is 17.5. The summed E-state index contributed by atoms with van der Waals surface area (Å²) in [5.74, 6) is 1.13. The summed E-state index contributed by atoms with van der Waals surface area (Å²) in [5.41, 5.74) is 3.39. The molecule has 0 bridgehead atoms.